The quantitative estimate of drug-likeness (QED) is 0.783. The lowest BCUT2D eigenvalue weighted by Crippen LogP contribution is -2.42. The second-order valence-corrected chi connectivity index (χ2v) is 6.33. The van der Waals surface area contributed by atoms with E-state index in [0.717, 1.165) is 35.0 Å². The van der Waals surface area contributed by atoms with Gasteiger partial charge >= 0.3 is 12.1 Å². The van der Waals surface area contributed by atoms with Gasteiger partial charge in [0.2, 0.25) is 0 Å². The van der Waals surface area contributed by atoms with Gasteiger partial charge in [0.1, 0.15) is 0 Å². The number of carbonyl (C=O) groups excluding carboxylic acids is 1. The maximum absolute atomic E-state index is 12.4. The minimum Gasteiger partial charge on any atom is -0.381 e. The van der Waals surface area contributed by atoms with Gasteiger partial charge in [-0.25, -0.2) is 4.79 Å². The van der Waals surface area contributed by atoms with Gasteiger partial charge in [0.05, 0.1) is 11.0 Å². The van der Waals surface area contributed by atoms with Crippen LogP contribution >= 0.6 is 0 Å². The van der Waals surface area contributed by atoms with Crippen LogP contribution in [0, 0.1) is 0 Å². The standard InChI is InChI=1S/C19H20N4O3/c1-23(15-6-10-25-11-7-15)19(24)26-18-21-16-3-2-14(12-17(16)22-18)13-4-8-20-9-5-13/h2-5,8-9,12,15H,6-7,10-11H2,1H3,(H,21,22). The lowest BCUT2D eigenvalue weighted by molar-refractivity contribution is 0.0449. The molecule has 1 aliphatic rings. The zero-order valence-corrected chi connectivity index (χ0v) is 14.5. The van der Waals surface area contributed by atoms with Crippen molar-refractivity contribution in [3.05, 3.63) is 42.7 Å². The molecule has 0 unspecified atom stereocenters. The van der Waals surface area contributed by atoms with E-state index in [2.05, 4.69) is 15.0 Å². The smallest absolute Gasteiger partial charge is 0.381 e. The maximum atomic E-state index is 12.4. The Hall–Kier alpha value is -2.93. The fraction of sp³-hybridized carbons (Fsp3) is 0.316. The number of pyridine rings is 1. The zero-order chi connectivity index (χ0) is 17.9. The molecule has 3 aromatic rings. The number of nitrogens with one attached hydrogen (secondary N) is 1. The maximum Gasteiger partial charge on any atom is 0.417 e. The largest absolute Gasteiger partial charge is 0.417 e. The van der Waals surface area contributed by atoms with Crippen LogP contribution in [0.15, 0.2) is 42.7 Å². The first kappa shape index (κ1) is 16.5. The topological polar surface area (TPSA) is 80.3 Å². The molecule has 1 aliphatic heterocycles. The monoisotopic (exact) mass is 352 g/mol. The number of aromatic amines is 1. The third-order valence-electron chi connectivity index (χ3n) is 4.68. The highest BCUT2D eigenvalue weighted by molar-refractivity contribution is 5.83. The van der Waals surface area contributed by atoms with Gasteiger partial charge in [-0.15, -0.1) is 0 Å². The van der Waals surface area contributed by atoms with Gasteiger partial charge in [-0.05, 0) is 48.2 Å². The Morgan fingerprint density at radius 1 is 1.19 bits per heavy atom. The second-order valence-electron chi connectivity index (χ2n) is 6.33. The van der Waals surface area contributed by atoms with Crippen molar-refractivity contribution in [1.29, 1.82) is 0 Å². The second kappa shape index (κ2) is 7.13. The van der Waals surface area contributed by atoms with E-state index < -0.39 is 6.09 Å². The van der Waals surface area contributed by atoms with Crippen molar-refractivity contribution in [2.45, 2.75) is 18.9 Å². The molecule has 0 aliphatic carbocycles. The molecule has 1 fully saturated rings. The molecule has 26 heavy (non-hydrogen) atoms. The number of ether oxygens (including phenoxy) is 2. The highest BCUT2D eigenvalue weighted by atomic mass is 16.6. The van der Waals surface area contributed by atoms with Crippen LogP contribution in [0.4, 0.5) is 4.79 Å². The first-order valence-electron chi connectivity index (χ1n) is 8.63. The van der Waals surface area contributed by atoms with Gasteiger partial charge in [0, 0.05) is 38.7 Å². The number of hydrogen-bond acceptors (Lipinski definition) is 5. The summed E-state index contributed by atoms with van der Waals surface area (Å²) >= 11 is 0. The average Bonchev–Trinajstić information content (AvgIpc) is 3.10. The van der Waals surface area contributed by atoms with Gasteiger partial charge < -0.3 is 19.4 Å². The Balaban J connectivity index is 1.51. The Bertz CT molecular complexity index is 904. The fourth-order valence-electron chi connectivity index (χ4n) is 3.13. The molecule has 1 aromatic carbocycles. The van der Waals surface area contributed by atoms with Crippen molar-refractivity contribution >= 4 is 17.1 Å². The Morgan fingerprint density at radius 2 is 1.96 bits per heavy atom. The molecular formula is C19H20N4O3. The Morgan fingerprint density at radius 3 is 2.73 bits per heavy atom. The van der Waals surface area contributed by atoms with Gasteiger partial charge in [0.25, 0.3) is 0 Å². The molecule has 0 bridgehead atoms. The molecule has 1 amide bonds. The van der Waals surface area contributed by atoms with Crippen molar-refractivity contribution in [3.63, 3.8) is 0 Å². The van der Waals surface area contributed by atoms with E-state index in [1.165, 1.54) is 0 Å². The lowest BCUT2D eigenvalue weighted by Gasteiger charge is -2.29. The first-order chi connectivity index (χ1) is 12.7. The van der Waals surface area contributed by atoms with Gasteiger partial charge in [-0.2, -0.15) is 4.98 Å². The summed E-state index contributed by atoms with van der Waals surface area (Å²) in [6.07, 6.45) is 4.74. The van der Waals surface area contributed by atoms with Crippen molar-refractivity contribution < 1.29 is 14.3 Å². The fourth-order valence-corrected chi connectivity index (χ4v) is 3.13. The molecule has 7 heteroatoms. The van der Waals surface area contributed by atoms with Crippen molar-refractivity contribution in [1.82, 2.24) is 19.9 Å². The number of benzene rings is 1. The summed E-state index contributed by atoms with van der Waals surface area (Å²) in [6.45, 7) is 1.34. The predicted octanol–water partition coefficient (Wildman–Crippen LogP) is 3.23. The minimum atomic E-state index is -0.412. The van der Waals surface area contributed by atoms with Gasteiger partial charge in [-0.1, -0.05) is 6.07 Å². The number of H-pyrrole nitrogens is 1. The molecule has 1 N–H and O–H groups in total. The number of carbonyl (C=O) groups is 1. The van der Waals surface area contributed by atoms with Crippen LogP contribution in [-0.2, 0) is 4.74 Å². The minimum absolute atomic E-state index is 0.138. The van der Waals surface area contributed by atoms with E-state index in [1.54, 1.807) is 24.3 Å². The SMILES string of the molecule is CN(C(=O)Oc1nc2ccc(-c3ccncc3)cc2[nH]1)C1CCOCC1. The van der Waals surface area contributed by atoms with Crippen LogP contribution in [-0.4, -0.2) is 52.2 Å². The summed E-state index contributed by atoms with van der Waals surface area (Å²) in [5.41, 5.74) is 3.67. The number of imidazole rings is 1. The van der Waals surface area contributed by atoms with Crippen molar-refractivity contribution in [2.24, 2.45) is 0 Å². The molecule has 134 valence electrons. The van der Waals surface area contributed by atoms with E-state index in [4.69, 9.17) is 9.47 Å². The number of rotatable bonds is 3. The molecule has 0 spiro atoms. The number of nitrogens with zero attached hydrogens (tertiary/aromatic N) is 3. The molecule has 1 saturated heterocycles. The summed E-state index contributed by atoms with van der Waals surface area (Å²) in [5.74, 6) is 0. The molecule has 7 nitrogen and oxygen atoms in total. The summed E-state index contributed by atoms with van der Waals surface area (Å²) in [5, 5.41) is 0. The molecular weight excluding hydrogens is 332 g/mol. The van der Waals surface area contributed by atoms with Crippen molar-refractivity contribution in [2.75, 3.05) is 20.3 Å². The van der Waals surface area contributed by atoms with Crippen LogP contribution in [0.1, 0.15) is 12.8 Å². The van der Waals surface area contributed by atoms with E-state index in [9.17, 15) is 4.79 Å². The van der Waals surface area contributed by atoms with Crippen LogP contribution in [0.3, 0.4) is 0 Å². The van der Waals surface area contributed by atoms with Crippen LogP contribution in [0.2, 0.25) is 0 Å². The molecule has 3 heterocycles. The van der Waals surface area contributed by atoms with E-state index in [-0.39, 0.29) is 12.1 Å². The Labute approximate surface area is 151 Å². The number of amides is 1. The summed E-state index contributed by atoms with van der Waals surface area (Å²) in [7, 11) is 1.75. The molecule has 4 rings (SSSR count). The van der Waals surface area contributed by atoms with Crippen molar-refractivity contribution in [3.8, 4) is 17.1 Å². The average molecular weight is 352 g/mol. The molecule has 0 atom stereocenters. The lowest BCUT2D eigenvalue weighted by atomic mass is 10.1. The van der Waals surface area contributed by atoms with E-state index in [0.29, 0.717) is 13.2 Å². The van der Waals surface area contributed by atoms with Gasteiger partial charge in [0.15, 0.2) is 0 Å². The first-order valence-corrected chi connectivity index (χ1v) is 8.63. The van der Waals surface area contributed by atoms with Crippen LogP contribution < -0.4 is 4.74 Å². The Kier molecular flexibility index (Phi) is 4.53. The normalized spacial score (nSPS) is 15.1. The van der Waals surface area contributed by atoms with Crippen LogP contribution in [0.25, 0.3) is 22.2 Å². The van der Waals surface area contributed by atoms with E-state index in [1.807, 2.05) is 30.3 Å². The molecule has 0 saturated carbocycles. The summed E-state index contributed by atoms with van der Waals surface area (Å²) in [6, 6.07) is 10.1. The van der Waals surface area contributed by atoms with Crippen LogP contribution in [0.5, 0.6) is 6.01 Å². The number of aromatic nitrogens is 3. The third kappa shape index (κ3) is 3.39. The predicted molar refractivity (Wildman–Crippen MR) is 97.0 cm³/mol. The molecule has 0 radical (unpaired) electrons. The highest BCUT2D eigenvalue weighted by Crippen LogP contribution is 2.24. The number of fused-ring (bicyclic) bond motifs is 1. The zero-order valence-electron chi connectivity index (χ0n) is 14.5. The highest BCUT2D eigenvalue weighted by Gasteiger charge is 2.24. The van der Waals surface area contributed by atoms with Gasteiger partial charge in [-0.3, -0.25) is 4.98 Å². The summed E-state index contributed by atoms with van der Waals surface area (Å²) in [4.78, 5) is 25.5. The van der Waals surface area contributed by atoms with E-state index >= 15 is 0 Å². The molecule has 2 aromatic heterocycles. The summed E-state index contributed by atoms with van der Waals surface area (Å²) < 4.78 is 10.8. The third-order valence-corrected chi connectivity index (χ3v) is 4.68. The number of hydrogen-bond donors (Lipinski definition) is 1.